The Morgan fingerprint density at radius 3 is 2.77 bits per heavy atom. The molecule has 3 aromatic rings. The van der Waals surface area contributed by atoms with Gasteiger partial charge in [-0.15, -0.1) is 11.3 Å². The molecule has 4 rings (SSSR count). The number of carbonyl (C=O) groups excluding carboxylic acids is 1. The molecule has 1 saturated carbocycles. The summed E-state index contributed by atoms with van der Waals surface area (Å²) in [5, 5.41) is 3.25. The first-order valence-electron chi connectivity index (χ1n) is 9.75. The Balaban J connectivity index is 1.40. The van der Waals surface area contributed by atoms with Crippen LogP contribution in [0.5, 0.6) is 5.06 Å². The molecule has 30 heavy (non-hydrogen) atoms. The van der Waals surface area contributed by atoms with E-state index in [1.807, 2.05) is 38.1 Å². The van der Waals surface area contributed by atoms with Gasteiger partial charge in [0.05, 0.1) is 17.1 Å². The second-order valence-electron chi connectivity index (χ2n) is 7.88. The van der Waals surface area contributed by atoms with Gasteiger partial charge in [0, 0.05) is 16.7 Å². The molecule has 2 N–H and O–H groups in total. The molecule has 5 nitrogen and oxygen atoms in total. The number of para-hydroxylation sites is 2. The summed E-state index contributed by atoms with van der Waals surface area (Å²) in [6, 6.07) is 10.7. The number of carbonyl (C=O) groups is 1. The lowest BCUT2D eigenvalue weighted by atomic mass is 10.0. The summed E-state index contributed by atoms with van der Waals surface area (Å²) < 4.78 is 41.9. The SMILES string of the molecule is CC(C)[C@@H](NC(=O)[C@H]1C[C@@H]1c1nc2ccccc2[nH]1)c1ccc(OCC(F)(F)F)s1. The van der Waals surface area contributed by atoms with Gasteiger partial charge in [-0.25, -0.2) is 4.98 Å². The minimum atomic E-state index is -4.38. The van der Waals surface area contributed by atoms with E-state index in [1.54, 1.807) is 6.07 Å². The van der Waals surface area contributed by atoms with Crippen LogP contribution in [-0.4, -0.2) is 28.7 Å². The average Bonchev–Trinajstić information content (AvgIpc) is 3.15. The number of nitrogens with one attached hydrogen (secondary N) is 2. The molecule has 1 aliphatic carbocycles. The molecule has 0 spiro atoms. The number of amides is 1. The molecule has 1 amide bonds. The highest BCUT2D eigenvalue weighted by atomic mass is 32.1. The lowest BCUT2D eigenvalue weighted by Gasteiger charge is -2.21. The van der Waals surface area contributed by atoms with E-state index >= 15 is 0 Å². The fourth-order valence-electron chi connectivity index (χ4n) is 3.49. The molecule has 0 bridgehead atoms. The van der Waals surface area contributed by atoms with Gasteiger partial charge in [0.25, 0.3) is 0 Å². The van der Waals surface area contributed by atoms with Crippen molar-refractivity contribution in [3.8, 4) is 5.06 Å². The van der Waals surface area contributed by atoms with E-state index < -0.39 is 12.8 Å². The Labute approximate surface area is 175 Å². The minimum absolute atomic E-state index is 0.0548. The second-order valence-corrected chi connectivity index (χ2v) is 8.96. The van der Waals surface area contributed by atoms with E-state index in [-0.39, 0.29) is 34.8 Å². The number of fused-ring (bicyclic) bond motifs is 1. The second kappa shape index (κ2) is 7.94. The molecule has 1 fully saturated rings. The van der Waals surface area contributed by atoms with Crippen LogP contribution >= 0.6 is 11.3 Å². The summed E-state index contributed by atoms with van der Waals surface area (Å²) >= 11 is 1.13. The molecule has 1 aromatic carbocycles. The molecule has 0 aliphatic heterocycles. The average molecular weight is 437 g/mol. The monoisotopic (exact) mass is 437 g/mol. The van der Waals surface area contributed by atoms with Gasteiger partial charge < -0.3 is 15.0 Å². The summed E-state index contributed by atoms with van der Waals surface area (Å²) in [5.74, 6) is 0.722. The number of aromatic nitrogens is 2. The molecular formula is C21H22F3N3O2S. The van der Waals surface area contributed by atoms with Gasteiger partial charge in [0.2, 0.25) is 5.91 Å². The van der Waals surface area contributed by atoms with Crippen LogP contribution in [0.3, 0.4) is 0 Å². The number of rotatable bonds is 7. The molecule has 0 radical (unpaired) electrons. The van der Waals surface area contributed by atoms with Crippen LogP contribution in [0.4, 0.5) is 13.2 Å². The van der Waals surface area contributed by atoms with E-state index in [9.17, 15) is 18.0 Å². The maximum absolute atomic E-state index is 12.8. The molecule has 2 heterocycles. The lowest BCUT2D eigenvalue weighted by Crippen LogP contribution is -2.32. The van der Waals surface area contributed by atoms with Crippen molar-refractivity contribution in [2.45, 2.75) is 38.4 Å². The Bertz CT molecular complexity index is 1010. The zero-order valence-corrected chi connectivity index (χ0v) is 17.3. The summed E-state index contributed by atoms with van der Waals surface area (Å²) in [5.41, 5.74) is 1.83. The molecule has 160 valence electrons. The highest BCUT2D eigenvalue weighted by Crippen LogP contribution is 2.47. The lowest BCUT2D eigenvalue weighted by molar-refractivity contribution is -0.152. The highest BCUT2D eigenvalue weighted by Gasteiger charge is 2.46. The molecular weight excluding hydrogens is 415 g/mol. The molecule has 0 unspecified atom stereocenters. The third kappa shape index (κ3) is 4.61. The first-order valence-corrected chi connectivity index (χ1v) is 10.6. The van der Waals surface area contributed by atoms with Crippen molar-refractivity contribution in [2.75, 3.05) is 6.61 Å². The maximum atomic E-state index is 12.8. The van der Waals surface area contributed by atoms with Crippen molar-refractivity contribution in [1.82, 2.24) is 15.3 Å². The number of halogens is 3. The van der Waals surface area contributed by atoms with Gasteiger partial charge in [-0.3, -0.25) is 4.79 Å². The number of ether oxygens (including phenoxy) is 1. The first-order chi connectivity index (χ1) is 14.2. The number of H-pyrrole nitrogens is 1. The number of hydrogen-bond donors (Lipinski definition) is 2. The predicted octanol–water partition coefficient (Wildman–Crippen LogP) is 5.18. The van der Waals surface area contributed by atoms with E-state index in [1.165, 1.54) is 6.07 Å². The minimum Gasteiger partial charge on any atom is -0.475 e. The fraction of sp³-hybridized carbons (Fsp3) is 0.429. The van der Waals surface area contributed by atoms with Gasteiger partial charge in [0.1, 0.15) is 5.82 Å². The smallest absolute Gasteiger partial charge is 0.422 e. The molecule has 3 atom stereocenters. The van der Waals surface area contributed by atoms with Crippen LogP contribution in [0.1, 0.15) is 42.9 Å². The largest absolute Gasteiger partial charge is 0.475 e. The van der Waals surface area contributed by atoms with E-state index in [4.69, 9.17) is 4.74 Å². The van der Waals surface area contributed by atoms with E-state index in [0.717, 1.165) is 39.5 Å². The third-order valence-corrected chi connectivity index (χ3v) is 6.22. The van der Waals surface area contributed by atoms with Crippen molar-refractivity contribution in [1.29, 1.82) is 0 Å². The van der Waals surface area contributed by atoms with Gasteiger partial charge in [0.15, 0.2) is 11.7 Å². The molecule has 9 heteroatoms. The Hall–Kier alpha value is -2.55. The summed E-state index contributed by atoms with van der Waals surface area (Å²) in [4.78, 5) is 21.5. The van der Waals surface area contributed by atoms with E-state index in [0.29, 0.717) is 0 Å². The Kier molecular flexibility index (Phi) is 5.48. The topological polar surface area (TPSA) is 67.0 Å². The van der Waals surface area contributed by atoms with Crippen LogP contribution < -0.4 is 10.1 Å². The van der Waals surface area contributed by atoms with Crippen LogP contribution in [0, 0.1) is 11.8 Å². The number of aromatic amines is 1. The zero-order valence-electron chi connectivity index (χ0n) is 16.5. The molecule has 1 aliphatic rings. The van der Waals surface area contributed by atoms with Gasteiger partial charge in [-0.05, 0) is 36.6 Å². The van der Waals surface area contributed by atoms with E-state index in [2.05, 4.69) is 15.3 Å². The first kappa shape index (κ1) is 20.7. The van der Waals surface area contributed by atoms with Crippen molar-refractivity contribution >= 4 is 28.3 Å². The number of thiophene rings is 1. The standard InChI is InChI=1S/C21H22F3N3O2S/c1-11(2)18(16-7-8-17(30-16)29-10-21(22,23)24)27-20(28)13-9-12(13)19-25-14-5-3-4-6-15(14)26-19/h3-8,11-13,18H,9-10H2,1-2H3,(H,25,26)(H,27,28)/t12-,13-,18+/m0/s1. The zero-order chi connectivity index (χ0) is 21.5. The highest BCUT2D eigenvalue weighted by molar-refractivity contribution is 7.13. The normalized spacial score (nSPS) is 19.8. The Morgan fingerprint density at radius 2 is 2.07 bits per heavy atom. The number of hydrogen-bond acceptors (Lipinski definition) is 4. The van der Waals surface area contributed by atoms with Gasteiger partial charge in [-0.2, -0.15) is 13.2 Å². The quantitative estimate of drug-likeness (QED) is 0.535. The summed E-state index contributed by atoms with van der Waals surface area (Å²) in [7, 11) is 0. The third-order valence-electron chi connectivity index (χ3n) is 5.14. The van der Waals surface area contributed by atoms with Crippen molar-refractivity contribution in [3.63, 3.8) is 0 Å². The fourth-order valence-corrected chi connectivity index (χ4v) is 4.57. The molecule has 2 aromatic heterocycles. The van der Waals surface area contributed by atoms with Crippen molar-refractivity contribution in [2.24, 2.45) is 11.8 Å². The van der Waals surface area contributed by atoms with Crippen molar-refractivity contribution < 1.29 is 22.7 Å². The summed E-state index contributed by atoms with van der Waals surface area (Å²) in [6.45, 7) is 2.60. The molecule has 0 saturated heterocycles. The van der Waals surface area contributed by atoms with Gasteiger partial charge >= 0.3 is 6.18 Å². The van der Waals surface area contributed by atoms with Crippen molar-refractivity contribution in [3.05, 3.63) is 47.1 Å². The maximum Gasteiger partial charge on any atom is 0.422 e. The Morgan fingerprint density at radius 1 is 1.30 bits per heavy atom. The van der Waals surface area contributed by atoms with Crippen LogP contribution in [0.25, 0.3) is 11.0 Å². The van der Waals surface area contributed by atoms with Gasteiger partial charge in [-0.1, -0.05) is 26.0 Å². The van der Waals surface area contributed by atoms with Crippen LogP contribution in [0.15, 0.2) is 36.4 Å². The predicted molar refractivity (Wildman–Crippen MR) is 109 cm³/mol. The number of imidazole rings is 1. The van der Waals surface area contributed by atoms with Crippen LogP contribution in [-0.2, 0) is 4.79 Å². The number of alkyl halides is 3. The number of nitrogens with zero attached hydrogens (tertiary/aromatic N) is 1. The summed E-state index contributed by atoms with van der Waals surface area (Å²) in [6.07, 6.45) is -3.66. The van der Waals surface area contributed by atoms with Crippen LogP contribution in [0.2, 0.25) is 0 Å². The number of benzene rings is 1.